The van der Waals surface area contributed by atoms with Crippen LogP contribution in [0.5, 0.6) is 0 Å². The predicted octanol–water partition coefficient (Wildman–Crippen LogP) is 4.96. The van der Waals surface area contributed by atoms with E-state index in [9.17, 15) is 0 Å². The molecule has 21 heavy (non-hydrogen) atoms. The van der Waals surface area contributed by atoms with Gasteiger partial charge in [0.05, 0.1) is 6.04 Å². The van der Waals surface area contributed by atoms with Crippen molar-refractivity contribution < 1.29 is 0 Å². The van der Waals surface area contributed by atoms with Crippen molar-refractivity contribution in [2.75, 3.05) is 0 Å². The number of nitrogens with one attached hydrogen (secondary N) is 1. The molecule has 1 heteroatoms. The molecule has 2 aromatic carbocycles. The van der Waals surface area contributed by atoms with Crippen LogP contribution < -0.4 is 5.32 Å². The molecule has 104 valence electrons. The van der Waals surface area contributed by atoms with Crippen molar-refractivity contribution in [1.29, 1.82) is 0 Å². The van der Waals surface area contributed by atoms with Gasteiger partial charge in [0.15, 0.2) is 0 Å². The SMILES string of the molecule is C=C(C)c1ccccc1C1C=C(c2ccccc2)C=CN1. The molecule has 1 heterocycles. The van der Waals surface area contributed by atoms with E-state index in [0.29, 0.717) is 0 Å². The van der Waals surface area contributed by atoms with Gasteiger partial charge in [0.25, 0.3) is 0 Å². The molecule has 0 saturated heterocycles. The van der Waals surface area contributed by atoms with Crippen LogP contribution in [0.15, 0.2) is 79.5 Å². The fraction of sp³-hybridized carbons (Fsp3) is 0.100. The summed E-state index contributed by atoms with van der Waals surface area (Å²) in [6, 6.07) is 19.1. The third-order valence-electron chi connectivity index (χ3n) is 3.75. The molecule has 0 radical (unpaired) electrons. The maximum atomic E-state index is 4.09. The van der Waals surface area contributed by atoms with Crippen LogP contribution in [0.4, 0.5) is 0 Å². The first kappa shape index (κ1) is 13.4. The van der Waals surface area contributed by atoms with Crippen LogP contribution in [0.2, 0.25) is 0 Å². The summed E-state index contributed by atoms with van der Waals surface area (Å²) in [6.45, 7) is 6.15. The zero-order valence-corrected chi connectivity index (χ0v) is 12.2. The molecule has 2 aromatic rings. The lowest BCUT2D eigenvalue weighted by Gasteiger charge is -2.22. The molecule has 1 aliphatic rings. The Balaban J connectivity index is 2.00. The summed E-state index contributed by atoms with van der Waals surface area (Å²) in [5.41, 5.74) is 6.07. The fourth-order valence-corrected chi connectivity index (χ4v) is 2.68. The molecule has 1 nitrogen and oxygen atoms in total. The lowest BCUT2D eigenvalue weighted by atomic mass is 9.92. The number of dihydropyridines is 1. The zero-order chi connectivity index (χ0) is 14.7. The first-order valence-corrected chi connectivity index (χ1v) is 7.20. The summed E-state index contributed by atoms with van der Waals surface area (Å²) in [4.78, 5) is 0. The lowest BCUT2D eigenvalue weighted by molar-refractivity contribution is 0.747. The smallest absolute Gasteiger partial charge is 0.0707 e. The van der Waals surface area contributed by atoms with Crippen molar-refractivity contribution in [3.05, 3.63) is 96.2 Å². The highest BCUT2D eigenvalue weighted by molar-refractivity contribution is 5.76. The Labute approximate surface area is 126 Å². The first-order valence-electron chi connectivity index (χ1n) is 7.20. The second-order valence-corrected chi connectivity index (χ2v) is 5.33. The molecule has 0 aliphatic carbocycles. The standard InChI is InChI=1S/C20H19N/c1-15(2)18-10-6-7-11-19(18)20-14-17(12-13-21-20)16-8-4-3-5-9-16/h3-14,20-21H,1H2,2H3. The third kappa shape index (κ3) is 2.82. The minimum atomic E-state index is 0.179. The Bertz CT molecular complexity index is 708. The number of benzene rings is 2. The molecule has 1 N–H and O–H groups in total. The van der Waals surface area contributed by atoms with Crippen molar-refractivity contribution in [2.24, 2.45) is 0 Å². The summed E-state index contributed by atoms with van der Waals surface area (Å²) in [6.07, 6.45) is 6.43. The molecular formula is C20H19N. The van der Waals surface area contributed by atoms with Crippen molar-refractivity contribution in [3.63, 3.8) is 0 Å². The van der Waals surface area contributed by atoms with E-state index >= 15 is 0 Å². The molecule has 0 bridgehead atoms. The summed E-state index contributed by atoms with van der Waals surface area (Å²) >= 11 is 0. The summed E-state index contributed by atoms with van der Waals surface area (Å²) in [7, 11) is 0. The minimum Gasteiger partial charge on any atom is -0.381 e. The Hall–Kier alpha value is -2.54. The van der Waals surface area contributed by atoms with Gasteiger partial charge < -0.3 is 5.32 Å². The Morgan fingerprint density at radius 2 is 1.71 bits per heavy atom. The fourth-order valence-electron chi connectivity index (χ4n) is 2.68. The van der Waals surface area contributed by atoms with Crippen molar-refractivity contribution in [3.8, 4) is 0 Å². The Morgan fingerprint density at radius 1 is 1.00 bits per heavy atom. The van der Waals surface area contributed by atoms with Gasteiger partial charge in [-0.05, 0) is 47.5 Å². The first-order chi connectivity index (χ1) is 10.3. The van der Waals surface area contributed by atoms with Gasteiger partial charge in [-0.2, -0.15) is 0 Å². The molecule has 0 fully saturated rings. The van der Waals surface area contributed by atoms with Crippen LogP contribution in [0.3, 0.4) is 0 Å². The van der Waals surface area contributed by atoms with E-state index in [1.807, 2.05) is 12.3 Å². The molecular weight excluding hydrogens is 254 g/mol. The predicted molar refractivity (Wildman–Crippen MR) is 90.6 cm³/mol. The molecule has 0 amide bonds. The van der Waals surface area contributed by atoms with E-state index in [-0.39, 0.29) is 6.04 Å². The van der Waals surface area contributed by atoms with Crippen LogP contribution in [-0.4, -0.2) is 0 Å². The van der Waals surface area contributed by atoms with Crippen LogP contribution in [0.25, 0.3) is 11.1 Å². The number of hydrogen-bond acceptors (Lipinski definition) is 1. The van der Waals surface area contributed by atoms with Gasteiger partial charge in [-0.25, -0.2) is 0 Å². The van der Waals surface area contributed by atoms with E-state index in [1.54, 1.807) is 0 Å². The third-order valence-corrected chi connectivity index (χ3v) is 3.75. The van der Waals surface area contributed by atoms with Gasteiger partial charge in [-0.1, -0.05) is 66.7 Å². The van der Waals surface area contributed by atoms with Gasteiger partial charge in [0, 0.05) is 0 Å². The van der Waals surface area contributed by atoms with Crippen LogP contribution >= 0.6 is 0 Å². The highest BCUT2D eigenvalue weighted by Gasteiger charge is 2.15. The van der Waals surface area contributed by atoms with E-state index in [0.717, 1.165) is 5.57 Å². The van der Waals surface area contributed by atoms with E-state index < -0.39 is 0 Å². The topological polar surface area (TPSA) is 12.0 Å². The van der Waals surface area contributed by atoms with E-state index in [2.05, 4.69) is 79.5 Å². The van der Waals surface area contributed by atoms with Gasteiger partial charge in [0.1, 0.15) is 0 Å². The monoisotopic (exact) mass is 273 g/mol. The molecule has 0 aromatic heterocycles. The molecule has 1 atom stereocenters. The zero-order valence-electron chi connectivity index (χ0n) is 12.2. The van der Waals surface area contributed by atoms with Gasteiger partial charge in [-0.15, -0.1) is 0 Å². The van der Waals surface area contributed by atoms with Crippen molar-refractivity contribution in [1.82, 2.24) is 5.32 Å². The molecule has 0 spiro atoms. The van der Waals surface area contributed by atoms with Gasteiger partial charge >= 0.3 is 0 Å². The van der Waals surface area contributed by atoms with Gasteiger partial charge in [-0.3, -0.25) is 0 Å². The largest absolute Gasteiger partial charge is 0.381 e. The maximum absolute atomic E-state index is 4.09. The van der Waals surface area contributed by atoms with Crippen LogP contribution in [-0.2, 0) is 0 Å². The van der Waals surface area contributed by atoms with Crippen molar-refractivity contribution >= 4 is 11.1 Å². The average Bonchev–Trinajstić information content (AvgIpc) is 2.56. The normalized spacial score (nSPS) is 17.0. The summed E-state index contributed by atoms with van der Waals surface area (Å²) in [5, 5.41) is 3.43. The van der Waals surface area contributed by atoms with E-state index in [1.165, 1.54) is 22.3 Å². The Morgan fingerprint density at radius 3 is 2.48 bits per heavy atom. The quantitative estimate of drug-likeness (QED) is 0.833. The van der Waals surface area contributed by atoms with E-state index in [4.69, 9.17) is 0 Å². The second-order valence-electron chi connectivity index (χ2n) is 5.33. The van der Waals surface area contributed by atoms with Gasteiger partial charge in [0.2, 0.25) is 0 Å². The molecule has 1 aliphatic heterocycles. The summed E-state index contributed by atoms with van der Waals surface area (Å²) < 4.78 is 0. The number of allylic oxidation sites excluding steroid dienone is 3. The Kier molecular flexibility index (Phi) is 3.74. The average molecular weight is 273 g/mol. The maximum Gasteiger partial charge on any atom is 0.0707 e. The van der Waals surface area contributed by atoms with Crippen molar-refractivity contribution in [2.45, 2.75) is 13.0 Å². The highest BCUT2D eigenvalue weighted by Crippen LogP contribution is 2.29. The lowest BCUT2D eigenvalue weighted by Crippen LogP contribution is -2.17. The highest BCUT2D eigenvalue weighted by atomic mass is 14.9. The number of rotatable bonds is 3. The second kappa shape index (κ2) is 5.84. The van der Waals surface area contributed by atoms with Crippen LogP contribution in [0, 0.1) is 0 Å². The molecule has 0 saturated carbocycles. The van der Waals surface area contributed by atoms with Crippen LogP contribution in [0.1, 0.15) is 29.7 Å². The molecule has 3 rings (SSSR count). The number of hydrogen-bond donors (Lipinski definition) is 1. The minimum absolute atomic E-state index is 0.179. The summed E-state index contributed by atoms with van der Waals surface area (Å²) in [5.74, 6) is 0. The molecule has 1 unspecified atom stereocenters.